The fourth-order valence-electron chi connectivity index (χ4n) is 4.03. The number of aliphatic hydroxyl groups excluding tert-OH is 1. The second-order valence-corrected chi connectivity index (χ2v) is 7.83. The van der Waals surface area contributed by atoms with Crippen molar-refractivity contribution >= 4 is 23.1 Å². The van der Waals surface area contributed by atoms with Crippen LogP contribution in [0.15, 0.2) is 78.4 Å². The van der Waals surface area contributed by atoms with Crippen molar-refractivity contribution in [3.8, 4) is 11.5 Å². The maximum Gasteiger partial charge on any atom is 0.573 e. The Morgan fingerprint density at radius 2 is 1.69 bits per heavy atom. The van der Waals surface area contributed by atoms with Crippen molar-refractivity contribution in [1.29, 1.82) is 0 Å². The van der Waals surface area contributed by atoms with Crippen molar-refractivity contribution in [1.82, 2.24) is 0 Å². The molecule has 9 heteroatoms. The number of aryl methyl sites for hydroxylation is 1. The predicted octanol–water partition coefficient (Wildman–Crippen LogP) is 5.53. The molecule has 4 rings (SSSR count). The monoisotopic (exact) mass is 483 g/mol. The number of halogens is 3. The SMILES string of the molecule is COc1ccc(C)cc1/C(O)=C1\C(=O)C(=O)N(c2cccc(OC(F)(F)F)c2)C1c1ccccc1. The Kier molecular flexibility index (Phi) is 6.26. The first-order valence-corrected chi connectivity index (χ1v) is 10.5. The number of rotatable bonds is 5. The smallest absolute Gasteiger partial charge is 0.507 e. The van der Waals surface area contributed by atoms with Crippen molar-refractivity contribution < 1.29 is 37.3 Å². The van der Waals surface area contributed by atoms with Crippen LogP contribution in [0.4, 0.5) is 18.9 Å². The van der Waals surface area contributed by atoms with Gasteiger partial charge in [-0.05, 0) is 36.8 Å². The third-order valence-corrected chi connectivity index (χ3v) is 5.50. The maximum absolute atomic E-state index is 13.2. The Bertz CT molecular complexity index is 1320. The Balaban J connectivity index is 1.93. The Hall–Kier alpha value is -4.27. The Labute approximate surface area is 198 Å². The van der Waals surface area contributed by atoms with E-state index in [1.54, 1.807) is 55.5 Å². The number of ether oxygens (including phenoxy) is 2. The van der Waals surface area contributed by atoms with Gasteiger partial charge in [0.05, 0.1) is 24.3 Å². The molecular weight excluding hydrogens is 463 g/mol. The van der Waals surface area contributed by atoms with Gasteiger partial charge in [0.1, 0.15) is 17.3 Å². The van der Waals surface area contributed by atoms with E-state index in [1.807, 2.05) is 0 Å². The molecule has 1 unspecified atom stereocenters. The highest BCUT2D eigenvalue weighted by Crippen LogP contribution is 2.44. The quantitative estimate of drug-likeness (QED) is 0.294. The standard InChI is InChI=1S/C26H20F3NO5/c1-15-11-12-20(34-2)19(13-15)23(31)21-22(16-7-4-3-5-8-16)30(25(33)24(21)32)17-9-6-10-18(14-17)35-26(27,28)29/h3-14,22,31H,1-2H3/b23-21+. The van der Waals surface area contributed by atoms with Crippen LogP contribution in [-0.2, 0) is 9.59 Å². The molecule has 3 aromatic carbocycles. The Morgan fingerprint density at radius 1 is 0.971 bits per heavy atom. The van der Waals surface area contributed by atoms with Crippen molar-refractivity contribution in [3.05, 3.63) is 95.1 Å². The summed E-state index contributed by atoms with van der Waals surface area (Å²) in [5.41, 5.74) is 1.24. The Morgan fingerprint density at radius 3 is 2.34 bits per heavy atom. The molecule has 1 saturated heterocycles. The number of methoxy groups -OCH3 is 1. The molecule has 1 N–H and O–H groups in total. The number of nitrogens with zero attached hydrogens (tertiary/aromatic N) is 1. The zero-order valence-electron chi connectivity index (χ0n) is 18.7. The molecule has 180 valence electrons. The largest absolute Gasteiger partial charge is 0.573 e. The van der Waals surface area contributed by atoms with E-state index in [1.165, 1.54) is 19.2 Å². The second-order valence-electron chi connectivity index (χ2n) is 7.83. The first-order valence-electron chi connectivity index (χ1n) is 10.5. The summed E-state index contributed by atoms with van der Waals surface area (Å²) in [6, 6.07) is 17.1. The van der Waals surface area contributed by atoms with E-state index in [0.29, 0.717) is 5.56 Å². The predicted molar refractivity (Wildman–Crippen MR) is 122 cm³/mol. The number of benzene rings is 3. The summed E-state index contributed by atoms with van der Waals surface area (Å²) in [7, 11) is 1.40. The van der Waals surface area contributed by atoms with Crippen LogP contribution in [0.5, 0.6) is 11.5 Å². The molecule has 0 saturated carbocycles. The van der Waals surface area contributed by atoms with E-state index in [-0.39, 0.29) is 22.6 Å². The average molecular weight is 483 g/mol. The number of alkyl halides is 3. The van der Waals surface area contributed by atoms with Gasteiger partial charge < -0.3 is 14.6 Å². The summed E-state index contributed by atoms with van der Waals surface area (Å²) in [6.07, 6.45) is -4.94. The van der Waals surface area contributed by atoms with Crippen LogP contribution in [0, 0.1) is 6.92 Å². The van der Waals surface area contributed by atoms with Crippen LogP contribution in [-0.4, -0.2) is 30.3 Å². The molecule has 3 aromatic rings. The first-order chi connectivity index (χ1) is 16.6. The van der Waals surface area contributed by atoms with E-state index in [0.717, 1.165) is 22.6 Å². The zero-order valence-corrected chi connectivity index (χ0v) is 18.7. The average Bonchev–Trinajstić information content (AvgIpc) is 3.08. The molecular formula is C26H20F3NO5. The van der Waals surface area contributed by atoms with Crippen LogP contribution in [0.2, 0.25) is 0 Å². The molecule has 1 aliphatic rings. The molecule has 0 bridgehead atoms. The van der Waals surface area contributed by atoms with Crippen LogP contribution in [0.1, 0.15) is 22.7 Å². The van der Waals surface area contributed by atoms with E-state index in [2.05, 4.69) is 4.74 Å². The molecule has 0 aromatic heterocycles. The maximum atomic E-state index is 13.2. The zero-order chi connectivity index (χ0) is 25.3. The number of carbonyl (C=O) groups is 2. The first kappa shape index (κ1) is 23.9. The fraction of sp³-hybridized carbons (Fsp3) is 0.154. The molecule has 0 aliphatic carbocycles. The summed E-state index contributed by atoms with van der Waals surface area (Å²) in [5.74, 6) is -2.71. The van der Waals surface area contributed by atoms with Crippen LogP contribution in [0.3, 0.4) is 0 Å². The number of hydrogen-bond donors (Lipinski definition) is 1. The van der Waals surface area contributed by atoms with E-state index < -0.39 is 35.6 Å². The minimum Gasteiger partial charge on any atom is -0.507 e. The molecule has 0 radical (unpaired) electrons. The van der Waals surface area contributed by atoms with Gasteiger partial charge >= 0.3 is 6.36 Å². The lowest BCUT2D eigenvalue weighted by atomic mass is 9.94. The van der Waals surface area contributed by atoms with Gasteiger partial charge in [0.25, 0.3) is 11.7 Å². The molecule has 1 atom stereocenters. The molecule has 1 fully saturated rings. The summed E-state index contributed by atoms with van der Waals surface area (Å²) >= 11 is 0. The molecule has 35 heavy (non-hydrogen) atoms. The van der Waals surface area contributed by atoms with Gasteiger partial charge in [0, 0.05) is 11.8 Å². The summed E-state index contributed by atoms with van der Waals surface area (Å²) in [6.45, 7) is 1.79. The minimum absolute atomic E-state index is 0.00189. The van der Waals surface area contributed by atoms with Crippen molar-refractivity contribution in [2.75, 3.05) is 12.0 Å². The van der Waals surface area contributed by atoms with Crippen molar-refractivity contribution in [2.24, 2.45) is 0 Å². The van der Waals surface area contributed by atoms with Crippen LogP contribution in [0.25, 0.3) is 5.76 Å². The lowest BCUT2D eigenvalue weighted by Crippen LogP contribution is -2.29. The number of aliphatic hydroxyl groups is 1. The topological polar surface area (TPSA) is 76.1 Å². The third-order valence-electron chi connectivity index (χ3n) is 5.50. The summed E-state index contributed by atoms with van der Waals surface area (Å²) < 4.78 is 47.7. The van der Waals surface area contributed by atoms with Crippen molar-refractivity contribution in [2.45, 2.75) is 19.3 Å². The van der Waals surface area contributed by atoms with Gasteiger partial charge in [-0.15, -0.1) is 13.2 Å². The second kappa shape index (κ2) is 9.17. The summed E-state index contributed by atoms with van der Waals surface area (Å²) in [4.78, 5) is 27.5. The van der Waals surface area contributed by atoms with Gasteiger partial charge in [0.2, 0.25) is 0 Å². The normalized spacial score (nSPS) is 17.5. The molecule has 6 nitrogen and oxygen atoms in total. The third kappa shape index (κ3) is 4.70. The number of amides is 1. The highest BCUT2D eigenvalue weighted by molar-refractivity contribution is 6.51. The van der Waals surface area contributed by atoms with E-state index in [4.69, 9.17) is 4.74 Å². The highest BCUT2D eigenvalue weighted by Gasteiger charge is 2.47. The number of carbonyl (C=O) groups excluding carboxylic acids is 2. The number of Topliss-reactive ketones (excluding diaryl/α,β-unsaturated/α-hetero) is 1. The van der Waals surface area contributed by atoms with Gasteiger partial charge in [-0.25, -0.2) is 0 Å². The number of anilines is 1. The lowest BCUT2D eigenvalue weighted by Gasteiger charge is -2.26. The number of hydrogen-bond acceptors (Lipinski definition) is 5. The lowest BCUT2D eigenvalue weighted by molar-refractivity contribution is -0.274. The highest BCUT2D eigenvalue weighted by atomic mass is 19.4. The minimum atomic E-state index is -4.94. The van der Waals surface area contributed by atoms with Gasteiger partial charge in [-0.2, -0.15) is 0 Å². The molecule has 1 amide bonds. The van der Waals surface area contributed by atoms with E-state index >= 15 is 0 Å². The fourth-order valence-corrected chi connectivity index (χ4v) is 4.03. The van der Waals surface area contributed by atoms with Crippen molar-refractivity contribution in [3.63, 3.8) is 0 Å². The molecule has 0 spiro atoms. The number of ketones is 1. The molecule has 1 heterocycles. The van der Waals surface area contributed by atoms with Gasteiger partial charge in [-0.3, -0.25) is 14.5 Å². The van der Waals surface area contributed by atoms with Gasteiger partial charge in [0.15, 0.2) is 0 Å². The van der Waals surface area contributed by atoms with E-state index in [9.17, 15) is 27.9 Å². The van der Waals surface area contributed by atoms with Crippen LogP contribution >= 0.6 is 0 Å². The summed E-state index contributed by atoms with van der Waals surface area (Å²) in [5, 5.41) is 11.3. The van der Waals surface area contributed by atoms with Gasteiger partial charge in [-0.1, -0.05) is 48.0 Å². The van der Waals surface area contributed by atoms with Crippen LogP contribution < -0.4 is 14.4 Å². The molecule has 1 aliphatic heterocycles.